The monoisotopic (exact) mass is 423 g/mol. The molecule has 2 saturated heterocycles. The van der Waals surface area contributed by atoms with Crippen LogP contribution in [-0.2, 0) is 11.0 Å². The molecule has 0 spiro atoms. The third-order valence-corrected chi connectivity index (χ3v) is 6.69. The summed E-state index contributed by atoms with van der Waals surface area (Å²) in [7, 11) is 0. The van der Waals surface area contributed by atoms with Crippen LogP contribution in [0.4, 0.5) is 13.2 Å². The van der Waals surface area contributed by atoms with Gasteiger partial charge in [0.2, 0.25) is 5.91 Å². The Bertz CT molecular complexity index is 792. The number of nitrogens with zero attached hydrogens (tertiary/aromatic N) is 2. The zero-order chi connectivity index (χ0) is 21.3. The van der Waals surface area contributed by atoms with Crippen molar-refractivity contribution in [2.75, 3.05) is 26.2 Å². The fourth-order valence-corrected chi connectivity index (χ4v) is 5.18. The van der Waals surface area contributed by atoms with E-state index >= 15 is 0 Å². The molecule has 0 unspecified atom stereocenters. The van der Waals surface area contributed by atoms with E-state index < -0.39 is 11.7 Å². The minimum absolute atomic E-state index is 0.0326. The zero-order valence-corrected chi connectivity index (χ0v) is 17.0. The van der Waals surface area contributed by atoms with Gasteiger partial charge >= 0.3 is 6.18 Å². The molecular formula is C22H28F3N3O2. The van der Waals surface area contributed by atoms with Crippen LogP contribution in [0.2, 0.25) is 0 Å². The highest BCUT2D eigenvalue weighted by atomic mass is 19.4. The Hall–Kier alpha value is -2.09. The summed E-state index contributed by atoms with van der Waals surface area (Å²) in [4.78, 5) is 29.2. The van der Waals surface area contributed by atoms with Crippen molar-refractivity contribution < 1.29 is 22.8 Å². The quantitative estimate of drug-likeness (QED) is 0.809. The van der Waals surface area contributed by atoms with Crippen LogP contribution in [0.5, 0.6) is 0 Å². The fraction of sp³-hybridized carbons (Fsp3) is 0.636. The van der Waals surface area contributed by atoms with Crippen LogP contribution < -0.4 is 5.32 Å². The van der Waals surface area contributed by atoms with E-state index in [0.717, 1.165) is 57.2 Å². The van der Waals surface area contributed by atoms with Crippen LogP contribution in [0.1, 0.15) is 54.4 Å². The number of nitrogens with one attached hydrogen (secondary N) is 1. The molecular weight excluding hydrogens is 395 g/mol. The molecule has 30 heavy (non-hydrogen) atoms. The van der Waals surface area contributed by atoms with Gasteiger partial charge in [0.05, 0.1) is 12.1 Å². The van der Waals surface area contributed by atoms with Gasteiger partial charge in [-0.1, -0.05) is 18.9 Å². The molecule has 2 heterocycles. The molecule has 0 aromatic heterocycles. The number of hydrogen-bond acceptors (Lipinski definition) is 3. The average molecular weight is 423 g/mol. The van der Waals surface area contributed by atoms with E-state index in [2.05, 4.69) is 10.2 Å². The van der Waals surface area contributed by atoms with Gasteiger partial charge in [-0.05, 0) is 56.3 Å². The number of fused-ring (bicyclic) bond motifs is 1. The van der Waals surface area contributed by atoms with Crippen molar-refractivity contribution in [2.24, 2.45) is 5.92 Å². The maximum Gasteiger partial charge on any atom is 0.416 e. The molecule has 1 aromatic carbocycles. The second-order valence-corrected chi connectivity index (χ2v) is 8.78. The summed E-state index contributed by atoms with van der Waals surface area (Å²) < 4.78 is 39.0. The van der Waals surface area contributed by atoms with Gasteiger partial charge in [-0.15, -0.1) is 0 Å². The lowest BCUT2D eigenvalue weighted by atomic mass is 9.92. The highest BCUT2D eigenvalue weighted by molar-refractivity contribution is 5.94. The Labute approximate surface area is 174 Å². The molecule has 2 aliphatic heterocycles. The van der Waals surface area contributed by atoms with E-state index in [0.29, 0.717) is 19.6 Å². The molecule has 3 fully saturated rings. The molecule has 0 radical (unpaired) electrons. The summed E-state index contributed by atoms with van der Waals surface area (Å²) in [5.41, 5.74) is -0.746. The van der Waals surface area contributed by atoms with E-state index in [1.54, 1.807) is 4.90 Å². The maximum atomic E-state index is 13.0. The number of carbonyl (C=O) groups is 2. The fourth-order valence-electron chi connectivity index (χ4n) is 5.18. The molecule has 4 rings (SSSR count). The number of piperidine rings is 1. The van der Waals surface area contributed by atoms with Crippen LogP contribution in [-0.4, -0.2) is 59.9 Å². The second-order valence-electron chi connectivity index (χ2n) is 8.78. The third kappa shape index (κ3) is 4.63. The van der Waals surface area contributed by atoms with Crippen LogP contribution in [0.25, 0.3) is 0 Å². The lowest BCUT2D eigenvalue weighted by molar-refractivity contribution is -0.137. The average Bonchev–Trinajstić information content (AvgIpc) is 3.37. The summed E-state index contributed by atoms with van der Waals surface area (Å²) in [6.45, 7) is 2.12. The summed E-state index contributed by atoms with van der Waals surface area (Å²) in [5.74, 6) is -0.0798. The molecule has 1 aromatic rings. The summed E-state index contributed by atoms with van der Waals surface area (Å²) >= 11 is 0. The minimum atomic E-state index is -4.47. The van der Waals surface area contributed by atoms with Crippen molar-refractivity contribution in [3.05, 3.63) is 35.4 Å². The van der Waals surface area contributed by atoms with Crippen molar-refractivity contribution in [3.63, 3.8) is 0 Å². The van der Waals surface area contributed by atoms with Crippen molar-refractivity contribution in [3.8, 4) is 0 Å². The Morgan fingerprint density at radius 3 is 2.57 bits per heavy atom. The molecule has 2 amide bonds. The lowest BCUT2D eigenvalue weighted by Gasteiger charge is -2.36. The minimum Gasteiger partial charge on any atom is -0.352 e. The Morgan fingerprint density at radius 1 is 1.07 bits per heavy atom. The SMILES string of the molecule is O=C(CN1CCC[C@@H]2CN(C(=O)c3cccc(C(F)(F)F)c3)C[C@@H]21)NC1CCCC1. The van der Waals surface area contributed by atoms with E-state index in [4.69, 9.17) is 0 Å². The van der Waals surface area contributed by atoms with E-state index in [1.165, 1.54) is 12.1 Å². The van der Waals surface area contributed by atoms with E-state index in [9.17, 15) is 22.8 Å². The summed E-state index contributed by atoms with van der Waals surface area (Å²) in [6, 6.07) is 4.98. The summed E-state index contributed by atoms with van der Waals surface area (Å²) in [5, 5.41) is 3.12. The van der Waals surface area contributed by atoms with Crippen LogP contribution >= 0.6 is 0 Å². The van der Waals surface area contributed by atoms with Gasteiger partial charge in [0.25, 0.3) is 5.91 Å². The van der Waals surface area contributed by atoms with Gasteiger partial charge in [0.15, 0.2) is 0 Å². The van der Waals surface area contributed by atoms with Gasteiger partial charge in [0, 0.05) is 30.7 Å². The maximum absolute atomic E-state index is 13.0. The number of rotatable bonds is 4. The number of benzene rings is 1. The van der Waals surface area contributed by atoms with Gasteiger partial charge in [0.1, 0.15) is 0 Å². The third-order valence-electron chi connectivity index (χ3n) is 6.69. The first-order valence-corrected chi connectivity index (χ1v) is 10.8. The van der Waals surface area contributed by atoms with E-state index in [-0.39, 0.29) is 35.4 Å². The molecule has 8 heteroatoms. The topological polar surface area (TPSA) is 52.7 Å². The molecule has 5 nitrogen and oxygen atoms in total. The van der Waals surface area contributed by atoms with Crippen molar-refractivity contribution >= 4 is 11.8 Å². The second kappa shape index (κ2) is 8.57. The van der Waals surface area contributed by atoms with Gasteiger partial charge in [-0.2, -0.15) is 13.2 Å². The lowest BCUT2D eigenvalue weighted by Crippen LogP contribution is -2.50. The van der Waals surface area contributed by atoms with Gasteiger partial charge in [-0.3, -0.25) is 14.5 Å². The van der Waals surface area contributed by atoms with E-state index in [1.807, 2.05) is 0 Å². The standard InChI is InChI=1S/C22H28F3N3O2/c23-22(24,25)17-7-3-5-15(11-17)21(30)28-12-16-6-4-10-27(19(16)13-28)14-20(29)26-18-8-1-2-9-18/h3,5,7,11,16,18-19H,1-2,4,6,8-10,12-14H2,(H,26,29)/t16-,19+/m1/s1. The van der Waals surface area contributed by atoms with Crippen LogP contribution in [0.15, 0.2) is 24.3 Å². The van der Waals surface area contributed by atoms with Gasteiger partial charge in [-0.25, -0.2) is 0 Å². The number of likely N-dealkylation sites (tertiary alicyclic amines) is 2. The normalized spacial score (nSPS) is 25.4. The molecule has 3 aliphatic rings. The highest BCUT2D eigenvalue weighted by Gasteiger charge is 2.41. The van der Waals surface area contributed by atoms with Crippen LogP contribution in [0.3, 0.4) is 0 Å². The molecule has 0 bridgehead atoms. The number of carbonyl (C=O) groups excluding carboxylic acids is 2. The number of alkyl halides is 3. The molecule has 1 N–H and O–H groups in total. The number of hydrogen-bond donors (Lipinski definition) is 1. The largest absolute Gasteiger partial charge is 0.416 e. The van der Waals surface area contributed by atoms with Gasteiger partial charge < -0.3 is 10.2 Å². The van der Waals surface area contributed by atoms with Crippen molar-refractivity contribution in [1.82, 2.24) is 15.1 Å². The Morgan fingerprint density at radius 2 is 1.83 bits per heavy atom. The number of amides is 2. The van der Waals surface area contributed by atoms with Crippen molar-refractivity contribution in [2.45, 2.75) is 56.8 Å². The number of halogens is 3. The highest BCUT2D eigenvalue weighted by Crippen LogP contribution is 2.33. The first-order valence-electron chi connectivity index (χ1n) is 10.8. The molecule has 1 aliphatic carbocycles. The predicted octanol–water partition coefficient (Wildman–Crippen LogP) is 3.30. The predicted molar refractivity (Wildman–Crippen MR) is 106 cm³/mol. The molecule has 164 valence electrons. The van der Waals surface area contributed by atoms with Crippen molar-refractivity contribution in [1.29, 1.82) is 0 Å². The molecule has 1 saturated carbocycles. The summed E-state index contributed by atoms with van der Waals surface area (Å²) in [6.07, 6.45) is 1.85. The Balaban J connectivity index is 1.40. The zero-order valence-electron chi connectivity index (χ0n) is 17.0. The smallest absolute Gasteiger partial charge is 0.352 e. The van der Waals surface area contributed by atoms with Crippen LogP contribution in [0, 0.1) is 5.92 Å². The molecule has 2 atom stereocenters. The first kappa shape index (κ1) is 21.2. The Kier molecular flexibility index (Phi) is 6.04. The first-order chi connectivity index (χ1) is 14.3.